The highest BCUT2D eigenvalue weighted by atomic mass is 19.1. The molecule has 1 aliphatic heterocycles. The van der Waals surface area contributed by atoms with Gasteiger partial charge in [0.2, 0.25) is 0 Å². The summed E-state index contributed by atoms with van der Waals surface area (Å²) in [6, 6.07) is 12.1. The van der Waals surface area contributed by atoms with Gasteiger partial charge in [-0.15, -0.1) is 0 Å². The number of carbonyl (C=O) groups is 1. The molecule has 2 aromatic heterocycles. The van der Waals surface area contributed by atoms with E-state index in [0.29, 0.717) is 22.7 Å². The number of methoxy groups -OCH3 is 1. The molecular weight excluding hydrogens is 423 g/mol. The molecule has 0 unspecified atom stereocenters. The van der Waals surface area contributed by atoms with Crippen molar-refractivity contribution in [1.82, 2.24) is 19.3 Å². The van der Waals surface area contributed by atoms with Crippen molar-refractivity contribution >= 4 is 17.0 Å². The van der Waals surface area contributed by atoms with Crippen molar-refractivity contribution in [3.05, 3.63) is 65.4 Å². The fourth-order valence-corrected chi connectivity index (χ4v) is 4.35. The Morgan fingerprint density at radius 2 is 2.03 bits per heavy atom. The van der Waals surface area contributed by atoms with E-state index in [0.717, 1.165) is 35.4 Å². The largest absolute Gasteiger partial charge is 0.496 e. The molecule has 4 aromatic rings. The van der Waals surface area contributed by atoms with Gasteiger partial charge >= 0.3 is 5.97 Å². The van der Waals surface area contributed by atoms with Crippen molar-refractivity contribution in [2.75, 3.05) is 7.11 Å². The van der Waals surface area contributed by atoms with E-state index in [1.807, 2.05) is 12.1 Å². The molecule has 170 valence electrons. The van der Waals surface area contributed by atoms with Gasteiger partial charge < -0.3 is 14.0 Å². The summed E-state index contributed by atoms with van der Waals surface area (Å²) in [6.07, 6.45) is 3.45. The first kappa shape index (κ1) is 21.2. The van der Waals surface area contributed by atoms with Crippen LogP contribution in [-0.2, 0) is 42.6 Å². The van der Waals surface area contributed by atoms with Gasteiger partial charge in [-0.1, -0.05) is 6.07 Å². The predicted octanol–water partition coefficient (Wildman–Crippen LogP) is 4.21. The van der Waals surface area contributed by atoms with E-state index in [9.17, 15) is 9.18 Å². The van der Waals surface area contributed by atoms with Crippen LogP contribution >= 0.6 is 0 Å². The summed E-state index contributed by atoms with van der Waals surface area (Å²) in [6.45, 7) is 1.20. The van der Waals surface area contributed by atoms with Gasteiger partial charge in [-0.3, -0.25) is 9.48 Å². The number of aryl methyl sites for hydroxylation is 3. The number of benzene rings is 2. The van der Waals surface area contributed by atoms with Crippen molar-refractivity contribution in [1.29, 1.82) is 0 Å². The molecule has 8 heteroatoms. The number of aromatic nitrogens is 4. The van der Waals surface area contributed by atoms with Gasteiger partial charge in [0.25, 0.3) is 0 Å². The molecule has 0 saturated carbocycles. The highest BCUT2D eigenvalue weighted by Gasteiger charge is 2.17. The molecule has 0 fully saturated rings. The van der Waals surface area contributed by atoms with E-state index in [1.54, 1.807) is 23.9 Å². The van der Waals surface area contributed by atoms with Crippen LogP contribution in [0.5, 0.6) is 5.75 Å². The zero-order valence-corrected chi connectivity index (χ0v) is 18.7. The van der Waals surface area contributed by atoms with E-state index in [4.69, 9.17) is 14.5 Å². The number of ether oxygens (including phenoxy) is 2. The summed E-state index contributed by atoms with van der Waals surface area (Å²) in [4.78, 5) is 17.3. The van der Waals surface area contributed by atoms with Crippen LogP contribution in [0.15, 0.2) is 42.5 Å². The number of halogens is 1. The summed E-state index contributed by atoms with van der Waals surface area (Å²) in [5.74, 6) is 0.790. The molecule has 0 spiro atoms. The molecule has 0 aliphatic carbocycles. The summed E-state index contributed by atoms with van der Waals surface area (Å²) in [7, 11) is 3.24. The van der Waals surface area contributed by atoms with E-state index in [1.165, 1.54) is 32.1 Å². The van der Waals surface area contributed by atoms with Crippen molar-refractivity contribution in [3.63, 3.8) is 0 Å². The Kier molecular flexibility index (Phi) is 5.58. The highest BCUT2D eigenvalue weighted by Crippen LogP contribution is 2.30. The molecule has 0 atom stereocenters. The maximum Gasteiger partial charge on any atom is 0.312 e. The van der Waals surface area contributed by atoms with E-state index >= 15 is 0 Å². The molecule has 0 amide bonds. The molecule has 0 saturated heterocycles. The van der Waals surface area contributed by atoms with Gasteiger partial charge in [0.15, 0.2) is 0 Å². The molecule has 33 heavy (non-hydrogen) atoms. The predicted molar refractivity (Wildman–Crippen MR) is 121 cm³/mol. The molecule has 0 radical (unpaired) electrons. The van der Waals surface area contributed by atoms with Crippen LogP contribution in [0.25, 0.3) is 22.3 Å². The summed E-state index contributed by atoms with van der Waals surface area (Å²) < 4.78 is 28.2. The first-order valence-corrected chi connectivity index (χ1v) is 11.0. The number of nitrogens with zero attached hydrogens (tertiary/aromatic N) is 4. The highest BCUT2D eigenvalue weighted by molar-refractivity contribution is 5.77. The Balaban J connectivity index is 1.26. The Morgan fingerprint density at radius 1 is 1.15 bits per heavy atom. The molecule has 0 N–H and O–H groups in total. The lowest BCUT2D eigenvalue weighted by molar-refractivity contribution is -0.144. The number of carbonyl (C=O) groups excluding carboxylic acids is 1. The monoisotopic (exact) mass is 448 g/mol. The van der Waals surface area contributed by atoms with Crippen LogP contribution in [0.1, 0.15) is 29.9 Å². The van der Waals surface area contributed by atoms with Crippen LogP contribution in [0.3, 0.4) is 0 Å². The second kappa shape index (κ2) is 8.69. The smallest absolute Gasteiger partial charge is 0.312 e. The third-order valence-electron chi connectivity index (χ3n) is 6.07. The average Bonchev–Trinajstić information content (AvgIpc) is 3.37. The third kappa shape index (κ3) is 4.20. The van der Waals surface area contributed by atoms with Crippen LogP contribution in [-0.4, -0.2) is 32.4 Å². The van der Waals surface area contributed by atoms with Crippen molar-refractivity contribution < 1.29 is 18.7 Å². The van der Waals surface area contributed by atoms with Crippen molar-refractivity contribution in [3.8, 4) is 17.0 Å². The zero-order chi connectivity index (χ0) is 22.9. The van der Waals surface area contributed by atoms with Gasteiger partial charge in [0, 0.05) is 37.3 Å². The van der Waals surface area contributed by atoms with Crippen molar-refractivity contribution in [2.45, 2.75) is 38.8 Å². The fourth-order valence-electron chi connectivity index (χ4n) is 4.35. The van der Waals surface area contributed by atoms with Gasteiger partial charge in [-0.25, -0.2) is 9.37 Å². The third-order valence-corrected chi connectivity index (χ3v) is 6.07. The topological polar surface area (TPSA) is 71.2 Å². The Bertz CT molecular complexity index is 1340. The minimum Gasteiger partial charge on any atom is -0.496 e. The van der Waals surface area contributed by atoms with Gasteiger partial charge in [-0.05, 0) is 48.7 Å². The zero-order valence-electron chi connectivity index (χ0n) is 18.7. The fraction of sp³-hybridized carbons (Fsp3) is 0.320. The van der Waals surface area contributed by atoms with E-state index in [-0.39, 0.29) is 24.8 Å². The average molecular weight is 448 g/mol. The van der Waals surface area contributed by atoms with Gasteiger partial charge in [-0.2, -0.15) is 5.10 Å². The Morgan fingerprint density at radius 3 is 2.88 bits per heavy atom. The second-order valence-corrected chi connectivity index (χ2v) is 8.29. The summed E-state index contributed by atoms with van der Waals surface area (Å²) in [5, 5.41) is 4.45. The molecule has 0 bridgehead atoms. The number of hydrogen-bond acceptors (Lipinski definition) is 5. The Labute approximate surface area is 190 Å². The lowest BCUT2D eigenvalue weighted by Crippen LogP contribution is -2.11. The standard InChI is InChI=1S/C25H25FN4O3/c1-29-18(13-20(28-29)19-8-7-17(26)12-23(19)32-2)14-25(31)33-15-16-6-9-22-21(11-16)27-24-5-3-4-10-30(22)24/h6-9,11-13H,3-5,10,14-15H2,1-2H3. The quantitative estimate of drug-likeness (QED) is 0.414. The first-order chi connectivity index (χ1) is 16.0. The minimum atomic E-state index is -0.385. The van der Waals surface area contributed by atoms with Crippen LogP contribution in [0.4, 0.5) is 4.39 Å². The van der Waals surface area contributed by atoms with Crippen molar-refractivity contribution in [2.24, 2.45) is 7.05 Å². The lowest BCUT2D eigenvalue weighted by Gasteiger charge is -2.13. The van der Waals surface area contributed by atoms with Gasteiger partial charge in [0.05, 0.1) is 30.3 Å². The number of hydrogen-bond donors (Lipinski definition) is 0. The van der Waals surface area contributed by atoms with Gasteiger partial charge in [0.1, 0.15) is 24.0 Å². The number of fused-ring (bicyclic) bond motifs is 3. The van der Waals surface area contributed by atoms with E-state index < -0.39 is 0 Å². The second-order valence-electron chi connectivity index (χ2n) is 8.29. The van der Waals surface area contributed by atoms with Crippen LogP contribution in [0.2, 0.25) is 0 Å². The number of rotatable bonds is 6. The summed E-state index contributed by atoms with van der Waals surface area (Å²) in [5.41, 5.74) is 4.95. The Hall–Kier alpha value is -3.68. The summed E-state index contributed by atoms with van der Waals surface area (Å²) >= 11 is 0. The minimum absolute atomic E-state index is 0.0774. The SMILES string of the molecule is COc1cc(F)ccc1-c1cc(CC(=O)OCc2ccc3c(c2)nc2n3CCCC2)n(C)n1. The number of imidazole rings is 1. The molecule has 1 aliphatic rings. The molecule has 5 rings (SSSR count). The molecule has 7 nitrogen and oxygen atoms in total. The number of esters is 1. The van der Waals surface area contributed by atoms with Crippen LogP contribution in [0, 0.1) is 5.82 Å². The molecular formula is C25H25FN4O3. The van der Waals surface area contributed by atoms with E-state index in [2.05, 4.69) is 15.7 Å². The maximum absolute atomic E-state index is 13.5. The van der Waals surface area contributed by atoms with Crippen LogP contribution < -0.4 is 4.74 Å². The molecule has 2 aromatic carbocycles. The maximum atomic E-state index is 13.5. The first-order valence-electron chi connectivity index (χ1n) is 11.0. The molecule has 3 heterocycles. The lowest BCUT2D eigenvalue weighted by atomic mass is 10.1. The normalized spacial score (nSPS) is 13.2.